The van der Waals surface area contributed by atoms with Crippen LogP contribution in [0.15, 0.2) is 52.1 Å². The van der Waals surface area contributed by atoms with Gasteiger partial charge in [-0.15, -0.1) is 0 Å². The van der Waals surface area contributed by atoms with Crippen LogP contribution in [-0.2, 0) is 24.2 Å². The fraction of sp³-hybridized carbons (Fsp3) is 0.400. The Morgan fingerprint density at radius 1 is 1.23 bits per heavy atom. The van der Waals surface area contributed by atoms with Crippen molar-refractivity contribution in [2.24, 2.45) is 4.99 Å². The summed E-state index contributed by atoms with van der Waals surface area (Å²) in [4.78, 5) is 20.3. The normalized spacial score (nSPS) is 14.1. The molecule has 1 amide bonds. The summed E-state index contributed by atoms with van der Waals surface area (Å²) in [7, 11) is 3.50. The fourth-order valence-electron chi connectivity index (χ4n) is 2.98. The van der Waals surface area contributed by atoms with Crippen molar-refractivity contribution in [1.82, 2.24) is 15.1 Å². The van der Waals surface area contributed by atoms with Crippen molar-refractivity contribution in [3.05, 3.63) is 59.5 Å². The number of amides is 1. The van der Waals surface area contributed by atoms with Gasteiger partial charge in [0.2, 0.25) is 5.91 Å². The van der Waals surface area contributed by atoms with E-state index in [1.807, 2.05) is 12.1 Å². The molecule has 0 saturated heterocycles. The number of nitrogens with zero attached hydrogens (tertiary/aromatic N) is 3. The van der Waals surface area contributed by atoms with Crippen molar-refractivity contribution in [2.75, 3.05) is 33.7 Å². The smallest absolute Gasteiger partial charge is 0.243 e. The van der Waals surface area contributed by atoms with Crippen molar-refractivity contribution in [2.45, 2.75) is 19.4 Å². The average molecular weight is 354 g/mol. The Labute approximate surface area is 154 Å². The van der Waals surface area contributed by atoms with Gasteiger partial charge < -0.3 is 19.5 Å². The number of hydrogen-bond donors (Lipinski definition) is 1. The zero-order valence-electron chi connectivity index (χ0n) is 15.4. The minimum atomic E-state index is -0.00672. The average Bonchev–Trinajstić information content (AvgIpc) is 3.17. The lowest BCUT2D eigenvalue weighted by molar-refractivity contribution is -0.127. The largest absolute Gasteiger partial charge is 0.469 e. The molecule has 6 nitrogen and oxygen atoms in total. The fourth-order valence-corrected chi connectivity index (χ4v) is 2.98. The molecule has 138 valence electrons. The van der Waals surface area contributed by atoms with Gasteiger partial charge in [-0.25, -0.2) is 4.99 Å². The Morgan fingerprint density at radius 3 is 2.77 bits per heavy atom. The molecule has 1 aromatic carbocycles. The third kappa shape index (κ3) is 4.65. The van der Waals surface area contributed by atoms with Crippen molar-refractivity contribution >= 4 is 11.9 Å². The number of likely N-dealkylation sites (N-methyl/N-ethyl adjacent to an activating group) is 1. The van der Waals surface area contributed by atoms with E-state index in [-0.39, 0.29) is 12.5 Å². The molecule has 2 heterocycles. The van der Waals surface area contributed by atoms with Crippen LogP contribution in [-0.4, -0.2) is 55.4 Å². The van der Waals surface area contributed by atoms with E-state index in [4.69, 9.17) is 4.42 Å². The Hall–Kier alpha value is -2.76. The summed E-state index contributed by atoms with van der Waals surface area (Å²) in [6.07, 6.45) is 3.44. The number of fused-ring (bicyclic) bond motifs is 1. The van der Waals surface area contributed by atoms with Crippen LogP contribution in [0.5, 0.6) is 0 Å². The molecule has 0 aliphatic carbocycles. The molecule has 0 fully saturated rings. The number of hydrogen-bond acceptors (Lipinski definition) is 3. The summed E-state index contributed by atoms with van der Waals surface area (Å²) in [5.41, 5.74) is 2.71. The molecule has 0 spiro atoms. The molecular weight excluding hydrogens is 328 g/mol. The third-order valence-electron chi connectivity index (χ3n) is 4.53. The van der Waals surface area contributed by atoms with Crippen molar-refractivity contribution in [1.29, 1.82) is 0 Å². The monoisotopic (exact) mass is 354 g/mol. The van der Waals surface area contributed by atoms with E-state index in [1.54, 1.807) is 25.3 Å². The minimum Gasteiger partial charge on any atom is -0.469 e. The first-order chi connectivity index (χ1) is 12.6. The predicted molar refractivity (Wildman–Crippen MR) is 102 cm³/mol. The topological polar surface area (TPSA) is 61.1 Å². The van der Waals surface area contributed by atoms with Gasteiger partial charge in [0, 0.05) is 40.2 Å². The summed E-state index contributed by atoms with van der Waals surface area (Å²) in [5.74, 6) is 1.71. The number of aliphatic imine (C=N–C) groups is 1. The van der Waals surface area contributed by atoms with Gasteiger partial charge in [0.25, 0.3) is 0 Å². The van der Waals surface area contributed by atoms with Crippen LogP contribution in [0.2, 0.25) is 0 Å². The highest BCUT2D eigenvalue weighted by Crippen LogP contribution is 2.18. The molecule has 3 rings (SSSR count). The van der Waals surface area contributed by atoms with E-state index in [1.165, 1.54) is 11.1 Å². The highest BCUT2D eigenvalue weighted by Gasteiger charge is 2.19. The van der Waals surface area contributed by atoms with Crippen LogP contribution in [0.25, 0.3) is 0 Å². The highest BCUT2D eigenvalue weighted by molar-refractivity contribution is 5.85. The van der Waals surface area contributed by atoms with Crippen molar-refractivity contribution < 1.29 is 9.21 Å². The van der Waals surface area contributed by atoms with Gasteiger partial charge >= 0.3 is 0 Å². The van der Waals surface area contributed by atoms with Gasteiger partial charge in [0.1, 0.15) is 12.3 Å². The van der Waals surface area contributed by atoms with Crippen LogP contribution in [0, 0.1) is 0 Å². The van der Waals surface area contributed by atoms with E-state index >= 15 is 0 Å². The molecule has 26 heavy (non-hydrogen) atoms. The Kier molecular flexibility index (Phi) is 5.94. The van der Waals surface area contributed by atoms with Crippen LogP contribution in [0.4, 0.5) is 0 Å². The van der Waals surface area contributed by atoms with Crippen LogP contribution in [0.1, 0.15) is 16.9 Å². The van der Waals surface area contributed by atoms with Crippen molar-refractivity contribution in [3.8, 4) is 0 Å². The molecule has 0 unspecified atom stereocenters. The van der Waals surface area contributed by atoms with E-state index in [0.717, 1.165) is 37.7 Å². The molecule has 1 aromatic heterocycles. The highest BCUT2D eigenvalue weighted by atomic mass is 16.3. The zero-order chi connectivity index (χ0) is 18.4. The maximum absolute atomic E-state index is 11.9. The first kappa shape index (κ1) is 18.0. The number of furan rings is 1. The Bertz CT molecular complexity index is 753. The maximum Gasteiger partial charge on any atom is 0.243 e. The first-order valence-electron chi connectivity index (χ1n) is 8.96. The van der Waals surface area contributed by atoms with Gasteiger partial charge in [-0.3, -0.25) is 4.79 Å². The number of guanidine groups is 1. The summed E-state index contributed by atoms with van der Waals surface area (Å²) < 4.78 is 5.38. The molecular formula is C20H26N4O2. The summed E-state index contributed by atoms with van der Waals surface area (Å²) in [6.45, 7) is 2.55. The van der Waals surface area contributed by atoms with Gasteiger partial charge in [-0.2, -0.15) is 0 Å². The molecule has 1 aliphatic rings. The Balaban J connectivity index is 1.67. The molecule has 1 N–H and O–H groups in total. The Morgan fingerprint density at radius 2 is 2.04 bits per heavy atom. The molecule has 0 radical (unpaired) electrons. The molecule has 1 aliphatic heterocycles. The second kappa shape index (κ2) is 8.56. The molecule has 0 bridgehead atoms. The molecule has 2 aromatic rings. The van der Waals surface area contributed by atoms with Gasteiger partial charge in [-0.1, -0.05) is 24.3 Å². The third-order valence-corrected chi connectivity index (χ3v) is 4.53. The zero-order valence-corrected chi connectivity index (χ0v) is 15.4. The number of carbonyl (C=O) groups excluding carboxylic acids is 1. The van der Waals surface area contributed by atoms with Crippen molar-refractivity contribution in [3.63, 3.8) is 0 Å². The maximum atomic E-state index is 11.9. The number of nitrogens with one attached hydrogen (secondary N) is 1. The van der Waals surface area contributed by atoms with Crippen LogP contribution < -0.4 is 5.32 Å². The SMILES string of the molecule is CN(C)C(=O)CN=C(NCCc1ccco1)N1CCc2ccccc2C1. The lowest BCUT2D eigenvalue weighted by Gasteiger charge is -2.32. The standard InChI is InChI=1S/C20H26N4O2/c1-23(2)19(25)14-22-20(21-11-9-18-8-5-13-26-18)24-12-10-16-6-3-4-7-17(16)15-24/h3-8,13H,9-12,14-15H2,1-2H3,(H,21,22). The van der Waals surface area contributed by atoms with Gasteiger partial charge in [-0.05, 0) is 29.7 Å². The number of carbonyl (C=O) groups is 1. The van der Waals surface area contributed by atoms with Crippen LogP contribution >= 0.6 is 0 Å². The van der Waals surface area contributed by atoms with Crippen LogP contribution in [0.3, 0.4) is 0 Å². The lowest BCUT2D eigenvalue weighted by atomic mass is 10.0. The second-order valence-electron chi connectivity index (χ2n) is 6.62. The predicted octanol–water partition coefficient (Wildman–Crippen LogP) is 1.91. The first-order valence-corrected chi connectivity index (χ1v) is 8.96. The van der Waals surface area contributed by atoms with E-state index in [2.05, 4.69) is 39.5 Å². The summed E-state index contributed by atoms with van der Waals surface area (Å²) >= 11 is 0. The summed E-state index contributed by atoms with van der Waals surface area (Å²) in [5, 5.41) is 3.40. The number of rotatable bonds is 5. The summed E-state index contributed by atoms with van der Waals surface area (Å²) in [6, 6.07) is 12.4. The molecule has 6 heteroatoms. The van der Waals surface area contributed by atoms with E-state index < -0.39 is 0 Å². The molecule has 0 atom stereocenters. The van der Waals surface area contributed by atoms with E-state index in [0.29, 0.717) is 6.54 Å². The van der Waals surface area contributed by atoms with Gasteiger partial charge in [0.15, 0.2) is 5.96 Å². The lowest BCUT2D eigenvalue weighted by Crippen LogP contribution is -2.45. The quantitative estimate of drug-likeness (QED) is 0.658. The van der Waals surface area contributed by atoms with Gasteiger partial charge in [0.05, 0.1) is 6.26 Å². The second-order valence-corrected chi connectivity index (χ2v) is 6.62. The van der Waals surface area contributed by atoms with E-state index in [9.17, 15) is 4.79 Å². The number of benzene rings is 1. The molecule has 0 saturated carbocycles. The minimum absolute atomic E-state index is 0.00672.